The fraction of sp³-hybridized carbons (Fsp3) is 0.500. The minimum atomic E-state index is -0.303. The van der Waals surface area contributed by atoms with Crippen LogP contribution in [-0.2, 0) is 5.54 Å². The molecule has 2 bridgehead atoms. The lowest BCUT2D eigenvalue weighted by Gasteiger charge is -2.38. The number of aromatic nitrogens is 1. The third kappa shape index (κ3) is 3.64. The van der Waals surface area contributed by atoms with E-state index < -0.39 is 0 Å². The second-order valence-corrected chi connectivity index (χ2v) is 9.24. The molecule has 0 radical (unpaired) electrons. The SMILES string of the molecule is CC1(NC(=O)NC2(c3ccc(-c4ccccc4)cn3)CC2)CCN2CCC1CC2. The Hall–Kier alpha value is -2.40. The van der Waals surface area contributed by atoms with Crippen LogP contribution < -0.4 is 10.6 Å². The molecule has 5 heteroatoms. The van der Waals surface area contributed by atoms with E-state index in [1.165, 1.54) is 25.9 Å². The van der Waals surface area contributed by atoms with E-state index in [0.29, 0.717) is 5.92 Å². The predicted molar refractivity (Wildman–Crippen MR) is 114 cm³/mol. The largest absolute Gasteiger partial charge is 0.333 e. The summed E-state index contributed by atoms with van der Waals surface area (Å²) in [6, 6.07) is 14.4. The smallest absolute Gasteiger partial charge is 0.315 e. The zero-order valence-corrected chi connectivity index (χ0v) is 17.2. The van der Waals surface area contributed by atoms with E-state index in [0.717, 1.165) is 42.6 Å². The average Bonchev–Trinajstić information content (AvgIpc) is 3.56. The maximum atomic E-state index is 13.0. The Morgan fingerprint density at radius 1 is 0.966 bits per heavy atom. The van der Waals surface area contributed by atoms with Gasteiger partial charge in [0, 0.05) is 23.8 Å². The van der Waals surface area contributed by atoms with Crippen molar-refractivity contribution in [3.8, 4) is 11.1 Å². The fourth-order valence-corrected chi connectivity index (χ4v) is 5.11. The molecule has 1 saturated carbocycles. The van der Waals surface area contributed by atoms with Crippen LogP contribution in [0.5, 0.6) is 0 Å². The average molecular weight is 391 g/mol. The Kier molecular flexibility index (Phi) is 4.58. The van der Waals surface area contributed by atoms with E-state index in [4.69, 9.17) is 4.98 Å². The van der Waals surface area contributed by atoms with Crippen molar-refractivity contribution in [2.75, 3.05) is 19.6 Å². The quantitative estimate of drug-likeness (QED) is 0.832. The number of rotatable bonds is 4. The number of nitrogens with zero attached hydrogens (tertiary/aromatic N) is 2. The molecule has 3 saturated heterocycles. The maximum Gasteiger partial charge on any atom is 0.315 e. The molecule has 0 spiro atoms. The van der Waals surface area contributed by atoms with Crippen LogP contribution in [0.3, 0.4) is 0 Å². The van der Waals surface area contributed by atoms with Gasteiger partial charge >= 0.3 is 6.03 Å². The number of pyridine rings is 1. The Morgan fingerprint density at radius 2 is 1.72 bits per heavy atom. The number of urea groups is 1. The highest BCUT2D eigenvalue weighted by Crippen LogP contribution is 2.45. The van der Waals surface area contributed by atoms with Gasteiger partial charge in [0.05, 0.1) is 11.2 Å². The third-order valence-corrected chi connectivity index (χ3v) is 7.30. The van der Waals surface area contributed by atoms with E-state index in [2.05, 4.69) is 46.7 Å². The molecule has 1 aliphatic carbocycles. The van der Waals surface area contributed by atoms with E-state index in [1.54, 1.807) is 0 Å². The van der Waals surface area contributed by atoms with Crippen molar-refractivity contribution < 1.29 is 4.79 Å². The van der Waals surface area contributed by atoms with Gasteiger partial charge in [0.25, 0.3) is 0 Å². The molecule has 6 rings (SSSR count). The summed E-state index contributed by atoms with van der Waals surface area (Å²) in [4.78, 5) is 20.2. The van der Waals surface area contributed by atoms with Crippen LogP contribution in [-0.4, -0.2) is 41.1 Å². The molecule has 1 unspecified atom stereocenters. The Balaban J connectivity index is 1.27. The van der Waals surface area contributed by atoms with E-state index in [-0.39, 0.29) is 17.1 Å². The highest BCUT2D eigenvalue weighted by molar-refractivity contribution is 5.76. The van der Waals surface area contributed by atoms with Crippen molar-refractivity contribution in [2.24, 2.45) is 5.92 Å². The molecular weight excluding hydrogens is 360 g/mol. The number of benzene rings is 1. The highest BCUT2D eigenvalue weighted by Gasteiger charge is 2.48. The molecule has 4 heterocycles. The molecule has 3 aliphatic heterocycles. The van der Waals surface area contributed by atoms with Crippen molar-refractivity contribution in [1.82, 2.24) is 20.5 Å². The number of amides is 2. The first kappa shape index (κ1) is 18.6. The molecule has 5 nitrogen and oxygen atoms in total. The molecule has 1 aromatic heterocycles. The molecule has 4 fully saturated rings. The molecule has 1 aromatic carbocycles. The highest BCUT2D eigenvalue weighted by atomic mass is 16.2. The van der Waals surface area contributed by atoms with Crippen LogP contribution in [0, 0.1) is 5.92 Å². The molecule has 29 heavy (non-hydrogen) atoms. The standard InChI is InChI=1S/C24H30N4O/c1-23(13-16-28-14-9-20(23)10-15-28)26-22(29)27-24(11-12-24)21-8-7-19(17-25-21)18-5-3-2-4-6-18/h2-8,17,20H,9-16H2,1H3,(H2,26,27,29). The summed E-state index contributed by atoms with van der Waals surface area (Å²) in [7, 11) is 0. The molecule has 1 atom stereocenters. The number of hydrogen-bond acceptors (Lipinski definition) is 3. The fourth-order valence-electron chi connectivity index (χ4n) is 5.11. The molecule has 2 N–H and O–H groups in total. The lowest BCUT2D eigenvalue weighted by molar-refractivity contribution is 0.173. The molecule has 152 valence electrons. The van der Waals surface area contributed by atoms with Crippen LogP contribution >= 0.6 is 0 Å². The zero-order chi connectivity index (χ0) is 19.9. The van der Waals surface area contributed by atoms with Crippen LogP contribution in [0.2, 0.25) is 0 Å². The molecule has 2 aromatic rings. The predicted octanol–water partition coefficient (Wildman–Crippen LogP) is 3.91. The molecule has 4 aliphatic rings. The van der Waals surface area contributed by atoms with Gasteiger partial charge in [-0.25, -0.2) is 4.79 Å². The van der Waals surface area contributed by atoms with Gasteiger partial charge in [-0.05, 0) is 69.7 Å². The lowest BCUT2D eigenvalue weighted by atomic mass is 9.79. The first-order chi connectivity index (χ1) is 14.1. The van der Waals surface area contributed by atoms with Gasteiger partial charge in [-0.3, -0.25) is 4.98 Å². The Morgan fingerprint density at radius 3 is 2.38 bits per heavy atom. The van der Waals surface area contributed by atoms with Crippen molar-refractivity contribution in [1.29, 1.82) is 0 Å². The van der Waals surface area contributed by atoms with Gasteiger partial charge in [0.15, 0.2) is 0 Å². The number of fused-ring (bicyclic) bond motifs is 4. The first-order valence-electron chi connectivity index (χ1n) is 10.9. The summed E-state index contributed by atoms with van der Waals surface area (Å²) >= 11 is 0. The van der Waals surface area contributed by atoms with E-state index >= 15 is 0 Å². The van der Waals surface area contributed by atoms with Crippen LogP contribution in [0.1, 0.15) is 44.7 Å². The summed E-state index contributed by atoms with van der Waals surface area (Å²) in [6.45, 7) is 5.66. The summed E-state index contributed by atoms with van der Waals surface area (Å²) in [5.41, 5.74) is 2.81. The van der Waals surface area contributed by atoms with Gasteiger partial charge in [-0.15, -0.1) is 0 Å². The third-order valence-electron chi connectivity index (χ3n) is 7.30. The Labute approximate surface area is 172 Å². The maximum absolute atomic E-state index is 13.0. The van der Waals surface area contributed by atoms with Gasteiger partial charge in [0.2, 0.25) is 0 Å². The molecular formula is C24H30N4O. The Bertz CT molecular complexity index is 870. The van der Waals surface area contributed by atoms with Crippen LogP contribution in [0.4, 0.5) is 4.79 Å². The number of carbonyl (C=O) groups is 1. The van der Waals surface area contributed by atoms with Crippen molar-refractivity contribution in [2.45, 2.75) is 50.1 Å². The normalized spacial score (nSPS) is 29.7. The number of hydrogen-bond donors (Lipinski definition) is 2. The van der Waals surface area contributed by atoms with E-state index in [1.807, 2.05) is 24.4 Å². The minimum absolute atomic E-state index is 0.0423. The number of nitrogens with one attached hydrogen (secondary N) is 2. The van der Waals surface area contributed by atoms with Crippen molar-refractivity contribution in [3.63, 3.8) is 0 Å². The second-order valence-electron chi connectivity index (χ2n) is 9.24. The summed E-state index contributed by atoms with van der Waals surface area (Å²) in [5.74, 6) is 0.574. The summed E-state index contributed by atoms with van der Waals surface area (Å²) in [6.07, 6.45) is 7.22. The van der Waals surface area contributed by atoms with Gasteiger partial charge < -0.3 is 15.5 Å². The first-order valence-corrected chi connectivity index (χ1v) is 10.9. The lowest BCUT2D eigenvalue weighted by Crippen LogP contribution is -2.56. The van der Waals surface area contributed by atoms with Crippen molar-refractivity contribution in [3.05, 3.63) is 54.4 Å². The summed E-state index contributed by atoms with van der Waals surface area (Å²) in [5, 5.41) is 6.63. The van der Waals surface area contributed by atoms with Crippen LogP contribution in [0.15, 0.2) is 48.7 Å². The zero-order valence-electron chi connectivity index (χ0n) is 17.2. The monoisotopic (exact) mass is 390 g/mol. The second kappa shape index (κ2) is 7.13. The number of carbonyl (C=O) groups excluding carboxylic acids is 1. The van der Waals surface area contributed by atoms with Gasteiger partial charge in [-0.2, -0.15) is 0 Å². The van der Waals surface area contributed by atoms with Crippen molar-refractivity contribution >= 4 is 6.03 Å². The van der Waals surface area contributed by atoms with Gasteiger partial charge in [0.1, 0.15) is 0 Å². The minimum Gasteiger partial charge on any atom is -0.333 e. The van der Waals surface area contributed by atoms with Crippen LogP contribution in [0.25, 0.3) is 11.1 Å². The molecule has 2 amide bonds. The van der Waals surface area contributed by atoms with E-state index in [9.17, 15) is 4.79 Å². The summed E-state index contributed by atoms with van der Waals surface area (Å²) < 4.78 is 0. The topological polar surface area (TPSA) is 57.3 Å². The number of piperidine rings is 1. The van der Waals surface area contributed by atoms with Gasteiger partial charge in [-0.1, -0.05) is 36.4 Å².